The van der Waals surface area contributed by atoms with Gasteiger partial charge in [0.25, 0.3) is 0 Å². The molecule has 0 saturated carbocycles. The van der Waals surface area contributed by atoms with Gasteiger partial charge in [-0.1, -0.05) is 24.3 Å². The molecule has 3 N–H and O–H groups in total. The van der Waals surface area contributed by atoms with Crippen molar-refractivity contribution in [1.29, 1.82) is 0 Å². The first kappa shape index (κ1) is 9.08. The lowest BCUT2D eigenvalue weighted by atomic mass is 10.2. The van der Waals surface area contributed by atoms with Crippen LogP contribution in [0.4, 0.5) is 5.82 Å². The molecule has 0 bridgehead atoms. The first-order valence-electron chi connectivity index (χ1n) is 5.09. The number of aryl methyl sites for hydroxylation is 1. The van der Waals surface area contributed by atoms with Crippen molar-refractivity contribution in [3.63, 3.8) is 0 Å². The molecule has 16 heavy (non-hydrogen) atoms. The Morgan fingerprint density at radius 2 is 1.94 bits per heavy atom. The first-order chi connectivity index (χ1) is 7.74. The first-order valence-corrected chi connectivity index (χ1v) is 5.09. The molecule has 0 fully saturated rings. The second kappa shape index (κ2) is 3.16. The molecule has 5 nitrogen and oxygen atoms in total. The number of fused-ring (bicyclic) bond motifs is 1. The summed E-state index contributed by atoms with van der Waals surface area (Å²) in [5.41, 5.74) is 7.16. The van der Waals surface area contributed by atoms with E-state index in [1.807, 2.05) is 12.2 Å². The number of rotatable bonds is 1. The number of hydrogen-bond donors (Lipinski definition) is 2. The average molecular weight is 213 g/mol. The smallest absolute Gasteiger partial charge is 0.183 e. The zero-order valence-electron chi connectivity index (χ0n) is 8.81. The van der Waals surface area contributed by atoms with Crippen LogP contribution in [0.3, 0.4) is 0 Å². The van der Waals surface area contributed by atoms with E-state index in [1.54, 1.807) is 6.92 Å². The van der Waals surface area contributed by atoms with E-state index in [-0.39, 0.29) is 5.92 Å². The van der Waals surface area contributed by atoms with Crippen LogP contribution in [0.5, 0.6) is 0 Å². The van der Waals surface area contributed by atoms with Crippen LogP contribution in [0.15, 0.2) is 24.3 Å². The van der Waals surface area contributed by atoms with E-state index in [0.717, 1.165) is 5.82 Å². The average Bonchev–Trinajstić information content (AvgIpc) is 2.82. The SMILES string of the molecule is Cc1nc(N)c2[nH]c(C3C=CC=C3)nc2n1. The van der Waals surface area contributed by atoms with E-state index in [2.05, 4.69) is 32.1 Å². The number of nitrogens with two attached hydrogens (primary N) is 1. The fourth-order valence-electron chi connectivity index (χ4n) is 1.82. The van der Waals surface area contributed by atoms with E-state index >= 15 is 0 Å². The molecule has 0 unspecified atom stereocenters. The van der Waals surface area contributed by atoms with Crippen molar-refractivity contribution in [2.75, 3.05) is 5.73 Å². The van der Waals surface area contributed by atoms with Crippen LogP contribution in [0, 0.1) is 6.92 Å². The van der Waals surface area contributed by atoms with Gasteiger partial charge < -0.3 is 10.7 Å². The minimum absolute atomic E-state index is 0.189. The molecule has 5 heteroatoms. The Hall–Kier alpha value is -2.17. The summed E-state index contributed by atoms with van der Waals surface area (Å²) in [7, 11) is 0. The molecule has 0 radical (unpaired) electrons. The van der Waals surface area contributed by atoms with Gasteiger partial charge in [-0.3, -0.25) is 0 Å². The lowest BCUT2D eigenvalue weighted by Gasteiger charge is -1.97. The van der Waals surface area contributed by atoms with Crippen molar-refractivity contribution in [3.05, 3.63) is 36.0 Å². The molecule has 0 spiro atoms. The molecular weight excluding hydrogens is 202 g/mol. The number of imidazole rings is 1. The molecule has 0 aliphatic heterocycles. The minimum atomic E-state index is 0.189. The molecule has 0 aromatic carbocycles. The van der Waals surface area contributed by atoms with Gasteiger partial charge in [0.15, 0.2) is 11.5 Å². The summed E-state index contributed by atoms with van der Waals surface area (Å²) >= 11 is 0. The van der Waals surface area contributed by atoms with Crippen molar-refractivity contribution in [3.8, 4) is 0 Å². The molecule has 2 aromatic heterocycles. The van der Waals surface area contributed by atoms with Gasteiger partial charge in [-0.05, 0) is 6.92 Å². The highest BCUT2D eigenvalue weighted by Crippen LogP contribution is 2.24. The van der Waals surface area contributed by atoms with Crippen LogP contribution in [-0.4, -0.2) is 19.9 Å². The standard InChI is InChI=1S/C11H11N5/c1-6-13-9(12)8-11(14-6)16-10(15-8)7-4-2-3-5-7/h2-5,7H,1H3,(H3,12,13,14,15,16). The Bertz CT molecular complexity index is 596. The van der Waals surface area contributed by atoms with Gasteiger partial charge in [-0.25, -0.2) is 15.0 Å². The predicted molar refractivity (Wildman–Crippen MR) is 61.9 cm³/mol. The number of hydrogen-bond acceptors (Lipinski definition) is 4. The Morgan fingerprint density at radius 1 is 1.19 bits per heavy atom. The van der Waals surface area contributed by atoms with Gasteiger partial charge in [0.05, 0.1) is 5.92 Å². The Labute approximate surface area is 92.1 Å². The van der Waals surface area contributed by atoms with Crippen molar-refractivity contribution in [2.24, 2.45) is 0 Å². The van der Waals surface area contributed by atoms with E-state index in [4.69, 9.17) is 5.73 Å². The molecule has 2 aromatic rings. The molecule has 1 aliphatic carbocycles. The summed E-state index contributed by atoms with van der Waals surface area (Å²) in [6.07, 6.45) is 8.12. The normalized spacial score (nSPS) is 15.3. The molecule has 3 rings (SSSR count). The van der Waals surface area contributed by atoms with Crippen LogP contribution < -0.4 is 5.73 Å². The van der Waals surface area contributed by atoms with Crippen LogP contribution in [0.1, 0.15) is 17.6 Å². The number of nitrogen functional groups attached to an aromatic ring is 1. The number of nitrogens with zero attached hydrogens (tertiary/aromatic N) is 3. The highest BCUT2D eigenvalue weighted by atomic mass is 15.1. The lowest BCUT2D eigenvalue weighted by Crippen LogP contribution is -1.96. The van der Waals surface area contributed by atoms with Crippen molar-refractivity contribution < 1.29 is 0 Å². The summed E-state index contributed by atoms with van der Waals surface area (Å²) in [6.45, 7) is 1.81. The van der Waals surface area contributed by atoms with Gasteiger partial charge >= 0.3 is 0 Å². The summed E-state index contributed by atoms with van der Waals surface area (Å²) < 4.78 is 0. The maximum Gasteiger partial charge on any atom is 0.183 e. The third-order valence-corrected chi connectivity index (χ3v) is 2.57. The minimum Gasteiger partial charge on any atom is -0.382 e. The number of nitrogens with one attached hydrogen (secondary N) is 1. The second-order valence-electron chi connectivity index (χ2n) is 3.77. The van der Waals surface area contributed by atoms with Crippen LogP contribution in [-0.2, 0) is 0 Å². The third-order valence-electron chi connectivity index (χ3n) is 2.57. The number of aromatic nitrogens is 4. The monoisotopic (exact) mass is 213 g/mol. The van der Waals surface area contributed by atoms with Crippen LogP contribution in [0.25, 0.3) is 11.2 Å². The predicted octanol–water partition coefficient (Wildman–Crippen LogP) is 1.45. The molecule has 80 valence electrons. The molecule has 1 aliphatic rings. The Kier molecular flexibility index (Phi) is 1.80. The second-order valence-corrected chi connectivity index (χ2v) is 3.77. The zero-order valence-corrected chi connectivity index (χ0v) is 8.81. The van der Waals surface area contributed by atoms with Gasteiger partial charge in [0.1, 0.15) is 17.2 Å². The highest BCUT2D eigenvalue weighted by Gasteiger charge is 2.14. The Morgan fingerprint density at radius 3 is 2.69 bits per heavy atom. The number of aromatic amines is 1. The van der Waals surface area contributed by atoms with E-state index in [0.29, 0.717) is 22.8 Å². The van der Waals surface area contributed by atoms with E-state index in [1.165, 1.54) is 0 Å². The maximum absolute atomic E-state index is 5.81. The molecule has 0 amide bonds. The maximum atomic E-state index is 5.81. The van der Waals surface area contributed by atoms with E-state index < -0.39 is 0 Å². The molecular formula is C11H11N5. The summed E-state index contributed by atoms with van der Waals surface area (Å²) in [5.74, 6) is 2.13. The number of H-pyrrole nitrogens is 1. The highest BCUT2D eigenvalue weighted by molar-refractivity contribution is 5.81. The molecule has 0 saturated heterocycles. The quantitative estimate of drug-likeness (QED) is 0.751. The number of anilines is 1. The van der Waals surface area contributed by atoms with Gasteiger partial charge in [0, 0.05) is 0 Å². The van der Waals surface area contributed by atoms with Gasteiger partial charge in [-0.15, -0.1) is 0 Å². The van der Waals surface area contributed by atoms with Crippen molar-refractivity contribution in [1.82, 2.24) is 19.9 Å². The van der Waals surface area contributed by atoms with Crippen LogP contribution in [0.2, 0.25) is 0 Å². The number of allylic oxidation sites excluding steroid dienone is 4. The summed E-state index contributed by atoms with van der Waals surface area (Å²) in [6, 6.07) is 0. The topological polar surface area (TPSA) is 80.5 Å². The fraction of sp³-hybridized carbons (Fsp3) is 0.182. The largest absolute Gasteiger partial charge is 0.382 e. The molecule has 0 atom stereocenters. The van der Waals surface area contributed by atoms with Crippen molar-refractivity contribution >= 4 is 17.0 Å². The van der Waals surface area contributed by atoms with Crippen molar-refractivity contribution in [2.45, 2.75) is 12.8 Å². The van der Waals surface area contributed by atoms with Gasteiger partial charge in [-0.2, -0.15) is 0 Å². The summed E-state index contributed by atoms with van der Waals surface area (Å²) in [4.78, 5) is 15.9. The Balaban J connectivity index is 2.19. The zero-order chi connectivity index (χ0) is 11.1. The lowest BCUT2D eigenvalue weighted by molar-refractivity contribution is 0.967. The third kappa shape index (κ3) is 1.29. The van der Waals surface area contributed by atoms with E-state index in [9.17, 15) is 0 Å². The van der Waals surface area contributed by atoms with Crippen LogP contribution >= 0.6 is 0 Å². The fourth-order valence-corrected chi connectivity index (χ4v) is 1.82. The van der Waals surface area contributed by atoms with Gasteiger partial charge in [0.2, 0.25) is 0 Å². The summed E-state index contributed by atoms with van der Waals surface area (Å²) in [5, 5.41) is 0. The molecule has 2 heterocycles.